The van der Waals surface area contributed by atoms with Crippen molar-refractivity contribution < 1.29 is 27.5 Å². The third-order valence-electron chi connectivity index (χ3n) is 4.68. The van der Waals surface area contributed by atoms with Gasteiger partial charge in [-0.15, -0.1) is 0 Å². The van der Waals surface area contributed by atoms with Crippen LogP contribution in [0.25, 0.3) is 16.8 Å². The minimum absolute atomic E-state index is 0.160. The van der Waals surface area contributed by atoms with E-state index in [1.807, 2.05) is 0 Å². The van der Waals surface area contributed by atoms with Crippen LogP contribution in [-0.2, 0) is 12.8 Å². The van der Waals surface area contributed by atoms with Crippen LogP contribution in [0.1, 0.15) is 21.6 Å². The monoisotopic (exact) mass is 429 g/mol. The van der Waals surface area contributed by atoms with Gasteiger partial charge in [0.1, 0.15) is 11.5 Å². The van der Waals surface area contributed by atoms with E-state index < -0.39 is 29.0 Å². The fourth-order valence-electron chi connectivity index (χ4n) is 3.24. The lowest BCUT2D eigenvalue weighted by Crippen LogP contribution is -2.19. The Morgan fingerprint density at radius 2 is 1.84 bits per heavy atom. The van der Waals surface area contributed by atoms with Crippen molar-refractivity contribution in [3.8, 4) is 11.1 Å². The molecule has 2 N–H and O–H groups in total. The summed E-state index contributed by atoms with van der Waals surface area (Å²) in [4.78, 5) is 17.0. The molecule has 4 rings (SSSR count). The molecule has 1 amide bonds. The van der Waals surface area contributed by atoms with Crippen LogP contribution in [0.2, 0.25) is 0 Å². The van der Waals surface area contributed by atoms with Gasteiger partial charge < -0.3 is 14.8 Å². The highest BCUT2D eigenvalue weighted by Gasteiger charge is 2.35. The Hall–Kier alpha value is -3.72. The molecule has 0 saturated carbocycles. The lowest BCUT2D eigenvalue weighted by molar-refractivity contribution is -0.137. The normalized spacial score (nSPS) is 11.6. The van der Waals surface area contributed by atoms with Crippen molar-refractivity contribution in [2.75, 3.05) is 5.32 Å². The van der Waals surface area contributed by atoms with E-state index in [1.54, 1.807) is 28.9 Å². The van der Waals surface area contributed by atoms with E-state index in [4.69, 9.17) is 0 Å². The van der Waals surface area contributed by atoms with Gasteiger partial charge in [0, 0.05) is 23.6 Å². The van der Waals surface area contributed by atoms with Crippen molar-refractivity contribution in [2.45, 2.75) is 12.8 Å². The number of alkyl halides is 3. The predicted molar refractivity (Wildman–Crippen MR) is 106 cm³/mol. The predicted octanol–water partition coefficient (Wildman–Crippen LogP) is 4.90. The maximum Gasteiger partial charge on any atom is 0.417 e. The number of hydrogen-bond acceptors (Lipinski definition) is 3. The molecule has 0 fully saturated rings. The molecule has 2 aromatic carbocycles. The zero-order chi connectivity index (χ0) is 22.2. The number of halogens is 4. The zero-order valence-electron chi connectivity index (χ0n) is 15.8. The first-order valence-corrected chi connectivity index (χ1v) is 9.12. The Balaban J connectivity index is 1.81. The highest BCUT2D eigenvalue weighted by Crippen LogP contribution is 2.35. The van der Waals surface area contributed by atoms with Crippen LogP contribution in [0, 0.1) is 5.82 Å². The molecule has 2 aromatic heterocycles. The summed E-state index contributed by atoms with van der Waals surface area (Å²) in [7, 11) is 0. The molecule has 0 radical (unpaired) electrons. The smallest absolute Gasteiger partial charge is 0.390 e. The Bertz CT molecular complexity index is 1260. The molecule has 0 saturated heterocycles. The van der Waals surface area contributed by atoms with Gasteiger partial charge in [0.2, 0.25) is 0 Å². The summed E-state index contributed by atoms with van der Waals surface area (Å²) in [6.45, 7) is -0.292. The number of aliphatic hydroxyl groups excluding tert-OH is 1. The van der Waals surface area contributed by atoms with Crippen molar-refractivity contribution in [2.24, 2.45) is 0 Å². The number of amides is 1. The minimum atomic E-state index is -4.75. The first kappa shape index (κ1) is 20.5. The second-order valence-electron chi connectivity index (χ2n) is 6.76. The number of hydrogen-bond donors (Lipinski definition) is 2. The van der Waals surface area contributed by atoms with Gasteiger partial charge in [-0.3, -0.25) is 4.79 Å². The largest absolute Gasteiger partial charge is 0.417 e. The van der Waals surface area contributed by atoms with E-state index in [0.29, 0.717) is 22.5 Å². The lowest BCUT2D eigenvalue weighted by Gasteiger charge is -2.15. The van der Waals surface area contributed by atoms with Crippen LogP contribution in [0.5, 0.6) is 0 Å². The molecule has 4 aromatic rings. The molecule has 0 aliphatic rings. The maximum atomic E-state index is 13.6. The average molecular weight is 429 g/mol. The van der Waals surface area contributed by atoms with Crippen LogP contribution >= 0.6 is 0 Å². The topological polar surface area (TPSA) is 66.6 Å². The van der Waals surface area contributed by atoms with Gasteiger partial charge in [-0.1, -0.05) is 6.07 Å². The number of rotatable bonds is 4. The summed E-state index contributed by atoms with van der Waals surface area (Å²) in [6.07, 6.45) is -1.46. The second-order valence-corrected chi connectivity index (χ2v) is 6.76. The summed E-state index contributed by atoms with van der Waals surface area (Å²) in [5.74, 6) is -1.52. The number of nitrogens with one attached hydrogen (secondary N) is 1. The molecule has 5 nitrogen and oxygen atoms in total. The number of carbonyl (C=O) groups is 1. The molecule has 0 atom stereocenters. The third-order valence-corrected chi connectivity index (χ3v) is 4.68. The van der Waals surface area contributed by atoms with E-state index in [1.165, 1.54) is 18.2 Å². The zero-order valence-corrected chi connectivity index (χ0v) is 15.8. The van der Waals surface area contributed by atoms with Gasteiger partial charge in [-0.25, -0.2) is 9.37 Å². The van der Waals surface area contributed by atoms with Gasteiger partial charge in [0.15, 0.2) is 0 Å². The number of aromatic nitrogens is 2. The van der Waals surface area contributed by atoms with E-state index >= 15 is 0 Å². The van der Waals surface area contributed by atoms with Crippen molar-refractivity contribution >= 4 is 17.2 Å². The van der Waals surface area contributed by atoms with Crippen LogP contribution in [0.3, 0.4) is 0 Å². The molecule has 2 heterocycles. The second kappa shape index (κ2) is 7.84. The van der Waals surface area contributed by atoms with Gasteiger partial charge in [0.25, 0.3) is 5.91 Å². The average Bonchev–Trinajstić information content (AvgIpc) is 3.18. The SMILES string of the molecule is O=C(Nc1ccc(F)cc1)c1cc(-c2cccn3cc(CO)nc23)ccc1C(F)(F)F. The van der Waals surface area contributed by atoms with Crippen LogP contribution in [-0.4, -0.2) is 20.4 Å². The molecular formula is C22H15F4N3O2. The van der Waals surface area contributed by atoms with E-state index in [-0.39, 0.29) is 12.3 Å². The van der Waals surface area contributed by atoms with Crippen molar-refractivity contribution in [1.29, 1.82) is 0 Å². The molecule has 0 aliphatic heterocycles. The third kappa shape index (κ3) is 4.13. The summed E-state index contributed by atoms with van der Waals surface area (Å²) in [6, 6.07) is 11.3. The first-order valence-electron chi connectivity index (χ1n) is 9.12. The van der Waals surface area contributed by atoms with Crippen molar-refractivity contribution in [3.05, 3.63) is 89.6 Å². The van der Waals surface area contributed by atoms with Gasteiger partial charge in [-0.2, -0.15) is 13.2 Å². The number of pyridine rings is 1. The number of imidazole rings is 1. The fraction of sp³-hybridized carbons (Fsp3) is 0.0909. The molecule has 0 spiro atoms. The first-order chi connectivity index (χ1) is 14.8. The Labute approximate surface area is 173 Å². The Kier molecular flexibility index (Phi) is 5.20. The van der Waals surface area contributed by atoms with E-state index in [0.717, 1.165) is 24.3 Å². The molecule has 0 unspecified atom stereocenters. The molecule has 0 aliphatic carbocycles. The quantitative estimate of drug-likeness (QED) is 0.454. The summed E-state index contributed by atoms with van der Waals surface area (Å²) in [5.41, 5.74) is 0.148. The molecule has 0 bridgehead atoms. The minimum Gasteiger partial charge on any atom is -0.390 e. The number of fused-ring (bicyclic) bond motifs is 1. The van der Waals surface area contributed by atoms with Crippen molar-refractivity contribution in [1.82, 2.24) is 9.38 Å². The summed E-state index contributed by atoms with van der Waals surface area (Å²) in [5, 5.41) is 11.7. The van der Waals surface area contributed by atoms with Crippen LogP contribution in [0.4, 0.5) is 23.2 Å². The van der Waals surface area contributed by atoms with Crippen LogP contribution < -0.4 is 5.32 Å². The number of anilines is 1. The molecule has 158 valence electrons. The fourth-order valence-corrected chi connectivity index (χ4v) is 3.24. The molecular weight excluding hydrogens is 414 g/mol. The Morgan fingerprint density at radius 3 is 2.52 bits per heavy atom. The molecule has 9 heteroatoms. The van der Waals surface area contributed by atoms with Crippen molar-refractivity contribution in [3.63, 3.8) is 0 Å². The highest BCUT2D eigenvalue weighted by atomic mass is 19.4. The Morgan fingerprint density at radius 1 is 1.10 bits per heavy atom. The van der Waals surface area contributed by atoms with Crippen LogP contribution in [0.15, 0.2) is 67.0 Å². The summed E-state index contributed by atoms with van der Waals surface area (Å²) >= 11 is 0. The number of carbonyl (C=O) groups excluding carboxylic acids is 1. The highest BCUT2D eigenvalue weighted by molar-refractivity contribution is 6.06. The van der Waals surface area contributed by atoms with Gasteiger partial charge in [-0.05, 0) is 54.1 Å². The van der Waals surface area contributed by atoms with Gasteiger partial charge in [0.05, 0.1) is 23.4 Å². The number of nitrogens with zero attached hydrogens (tertiary/aromatic N) is 2. The standard InChI is InChI=1S/C22H15F4N3O2/c23-14-4-6-15(7-5-14)28-21(31)18-10-13(3-8-19(18)22(24,25)26)17-2-1-9-29-11-16(12-30)27-20(17)29/h1-11,30H,12H2,(H,28,31). The lowest BCUT2D eigenvalue weighted by atomic mass is 9.98. The van der Waals surface area contributed by atoms with Gasteiger partial charge >= 0.3 is 6.18 Å². The maximum absolute atomic E-state index is 13.6. The molecule has 31 heavy (non-hydrogen) atoms. The number of benzene rings is 2. The van der Waals surface area contributed by atoms with E-state index in [2.05, 4.69) is 10.3 Å². The summed E-state index contributed by atoms with van der Waals surface area (Å²) < 4.78 is 55.4. The number of aliphatic hydroxyl groups is 1. The van der Waals surface area contributed by atoms with E-state index in [9.17, 15) is 27.5 Å².